The predicted octanol–water partition coefficient (Wildman–Crippen LogP) is 2.05. The first-order valence-electron chi connectivity index (χ1n) is 4.45. The van der Waals surface area contributed by atoms with Gasteiger partial charge in [-0.15, -0.1) is 0 Å². The number of phenolic OH excluding ortho intramolecular Hbond substituents is 1. The van der Waals surface area contributed by atoms with E-state index in [-0.39, 0.29) is 5.75 Å². The molecule has 0 aliphatic heterocycles. The molecule has 0 heterocycles. The molecule has 0 saturated heterocycles. The summed E-state index contributed by atoms with van der Waals surface area (Å²) in [6.07, 6.45) is 1.60. The minimum absolute atomic E-state index is 0.204. The molecular weight excluding hydrogens is 246 g/mol. The lowest BCUT2D eigenvalue weighted by Gasteiger charge is -2.10. The molecule has 1 aromatic rings. The average molecular weight is 260 g/mol. The van der Waals surface area contributed by atoms with Gasteiger partial charge in [-0.25, -0.2) is 0 Å². The second kappa shape index (κ2) is 5.22. The van der Waals surface area contributed by atoms with Crippen LogP contribution in [0.2, 0.25) is 0 Å². The first-order valence-corrected chi connectivity index (χ1v) is 5.24. The lowest BCUT2D eigenvalue weighted by molar-refractivity contribution is 0.370. The van der Waals surface area contributed by atoms with E-state index in [1.165, 1.54) is 7.11 Å². The summed E-state index contributed by atoms with van der Waals surface area (Å²) < 4.78 is 5.91. The van der Waals surface area contributed by atoms with Crippen molar-refractivity contribution in [2.45, 2.75) is 12.8 Å². The molecule has 3 N–H and O–H groups in total. The summed E-state index contributed by atoms with van der Waals surface area (Å²) in [5.74, 6) is 0.704. The fraction of sp³-hybridized carbons (Fsp3) is 0.400. The summed E-state index contributed by atoms with van der Waals surface area (Å²) in [7, 11) is 1.54. The van der Waals surface area contributed by atoms with E-state index in [1.54, 1.807) is 6.07 Å². The molecule has 0 amide bonds. The summed E-state index contributed by atoms with van der Waals surface area (Å²) in [5.41, 5.74) is 6.28. The standard InChI is InChI=1S/C10H14BrNO2/c1-14-9-5-4-8(11)7(10(9)13)3-2-6-12/h4-5,13H,2-3,6,12H2,1H3. The number of rotatable bonds is 4. The van der Waals surface area contributed by atoms with Crippen molar-refractivity contribution in [2.75, 3.05) is 13.7 Å². The van der Waals surface area contributed by atoms with Crippen molar-refractivity contribution in [2.24, 2.45) is 5.73 Å². The molecular formula is C10H14BrNO2. The molecule has 0 aromatic heterocycles. The van der Waals surface area contributed by atoms with E-state index in [4.69, 9.17) is 10.5 Å². The third-order valence-corrected chi connectivity index (χ3v) is 2.78. The lowest BCUT2D eigenvalue weighted by atomic mass is 10.1. The van der Waals surface area contributed by atoms with E-state index in [1.807, 2.05) is 6.07 Å². The first kappa shape index (κ1) is 11.3. The monoisotopic (exact) mass is 259 g/mol. The topological polar surface area (TPSA) is 55.5 Å². The molecule has 0 spiro atoms. The van der Waals surface area contributed by atoms with Crippen LogP contribution in [0.4, 0.5) is 0 Å². The smallest absolute Gasteiger partial charge is 0.162 e. The summed E-state index contributed by atoms with van der Waals surface area (Å²) in [6.45, 7) is 0.614. The largest absolute Gasteiger partial charge is 0.504 e. The molecule has 0 aliphatic rings. The zero-order valence-corrected chi connectivity index (χ0v) is 9.67. The van der Waals surface area contributed by atoms with Gasteiger partial charge in [0.2, 0.25) is 0 Å². The second-order valence-corrected chi connectivity index (χ2v) is 3.82. The fourth-order valence-electron chi connectivity index (χ4n) is 1.27. The highest BCUT2D eigenvalue weighted by Crippen LogP contribution is 2.35. The predicted molar refractivity (Wildman–Crippen MR) is 59.7 cm³/mol. The molecule has 1 aromatic carbocycles. The normalized spacial score (nSPS) is 10.2. The summed E-state index contributed by atoms with van der Waals surface area (Å²) >= 11 is 3.38. The van der Waals surface area contributed by atoms with Crippen LogP contribution in [0.1, 0.15) is 12.0 Å². The van der Waals surface area contributed by atoms with Crippen molar-refractivity contribution in [1.82, 2.24) is 0 Å². The van der Waals surface area contributed by atoms with Crippen LogP contribution in [0.15, 0.2) is 16.6 Å². The third-order valence-electron chi connectivity index (χ3n) is 2.04. The summed E-state index contributed by atoms with van der Waals surface area (Å²) in [5, 5.41) is 9.80. The molecule has 0 fully saturated rings. The number of methoxy groups -OCH3 is 1. The maximum Gasteiger partial charge on any atom is 0.162 e. The van der Waals surface area contributed by atoms with Crippen LogP contribution in [-0.2, 0) is 6.42 Å². The van der Waals surface area contributed by atoms with E-state index in [2.05, 4.69) is 15.9 Å². The molecule has 0 unspecified atom stereocenters. The summed E-state index contributed by atoms with van der Waals surface area (Å²) in [6, 6.07) is 3.59. The Morgan fingerprint density at radius 3 is 2.79 bits per heavy atom. The minimum atomic E-state index is 0.204. The highest BCUT2D eigenvalue weighted by Gasteiger charge is 2.10. The number of hydrogen-bond acceptors (Lipinski definition) is 3. The second-order valence-electron chi connectivity index (χ2n) is 2.97. The maximum absolute atomic E-state index is 9.80. The Morgan fingerprint density at radius 2 is 2.21 bits per heavy atom. The van der Waals surface area contributed by atoms with Crippen LogP contribution in [0.3, 0.4) is 0 Å². The zero-order valence-electron chi connectivity index (χ0n) is 8.09. The number of nitrogens with two attached hydrogens (primary N) is 1. The Labute approximate surface area is 92.0 Å². The quantitative estimate of drug-likeness (QED) is 0.871. The number of ether oxygens (including phenoxy) is 1. The number of aromatic hydroxyl groups is 1. The van der Waals surface area contributed by atoms with Crippen LogP contribution in [-0.4, -0.2) is 18.8 Å². The van der Waals surface area contributed by atoms with E-state index >= 15 is 0 Å². The van der Waals surface area contributed by atoms with Crippen molar-refractivity contribution < 1.29 is 9.84 Å². The SMILES string of the molecule is COc1ccc(Br)c(CCCN)c1O. The molecule has 0 saturated carbocycles. The number of halogens is 1. The van der Waals surface area contributed by atoms with Gasteiger partial charge < -0.3 is 15.6 Å². The zero-order chi connectivity index (χ0) is 10.6. The highest BCUT2D eigenvalue weighted by atomic mass is 79.9. The Morgan fingerprint density at radius 1 is 1.50 bits per heavy atom. The molecule has 14 heavy (non-hydrogen) atoms. The Balaban J connectivity index is 2.99. The van der Waals surface area contributed by atoms with Crippen LogP contribution in [0.5, 0.6) is 11.5 Å². The maximum atomic E-state index is 9.80. The number of phenols is 1. The summed E-state index contributed by atoms with van der Waals surface area (Å²) in [4.78, 5) is 0. The lowest BCUT2D eigenvalue weighted by Crippen LogP contribution is -2.01. The van der Waals surface area contributed by atoms with Gasteiger partial charge in [-0.05, 0) is 31.5 Å². The molecule has 0 atom stereocenters. The van der Waals surface area contributed by atoms with Gasteiger partial charge in [0.15, 0.2) is 11.5 Å². The molecule has 0 bridgehead atoms. The molecule has 4 heteroatoms. The Bertz CT molecular complexity index is 315. The third kappa shape index (κ3) is 2.39. The van der Waals surface area contributed by atoms with Gasteiger partial charge in [0.25, 0.3) is 0 Å². The van der Waals surface area contributed by atoms with Gasteiger partial charge in [0.05, 0.1) is 7.11 Å². The van der Waals surface area contributed by atoms with Crippen molar-refractivity contribution in [1.29, 1.82) is 0 Å². The van der Waals surface area contributed by atoms with Crippen LogP contribution in [0, 0.1) is 0 Å². The van der Waals surface area contributed by atoms with Gasteiger partial charge in [0, 0.05) is 10.0 Å². The van der Waals surface area contributed by atoms with Crippen LogP contribution < -0.4 is 10.5 Å². The number of benzene rings is 1. The van der Waals surface area contributed by atoms with Gasteiger partial charge in [-0.3, -0.25) is 0 Å². The number of hydrogen-bond donors (Lipinski definition) is 2. The fourth-order valence-corrected chi connectivity index (χ4v) is 1.79. The van der Waals surface area contributed by atoms with E-state index in [0.717, 1.165) is 22.9 Å². The van der Waals surface area contributed by atoms with Crippen molar-refractivity contribution in [3.05, 3.63) is 22.2 Å². The van der Waals surface area contributed by atoms with Crippen LogP contribution in [0.25, 0.3) is 0 Å². The van der Waals surface area contributed by atoms with E-state index in [9.17, 15) is 5.11 Å². The molecule has 3 nitrogen and oxygen atoms in total. The molecule has 78 valence electrons. The van der Waals surface area contributed by atoms with Crippen molar-refractivity contribution >= 4 is 15.9 Å². The van der Waals surface area contributed by atoms with E-state index in [0.29, 0.717) is 12.3 Å². The molecule has 0 aliphatic carbocycles. The van der Waals surface area contributed by atoms with Crippen LogP contribution >= 0.6 is 15.9 Å². The van der Waals surface area contributed by atoms with Gasteiger partial charge >= 0.3 is 0 Å². The highest BCUT2D eigenvalue weighted by molar-refractivity contribution is 9.10. The van der Waals surface area contributed by atoms with Gasteiger partial charge in [0.1, 0.15) is 0 Å². The van der Waals surface area contributed by atoms with Gasteiger partial charge in [-0.2, -0.15) is 0 Å². The Kier molecular flexibility index (Phi) is 4.22. The Hall–Kier alpha value is -0.740. The first-order chi connectivity index (χ1) is 6.70. The minimum Gasteiger partial charge on any atom is -0.504 e. The van der Waals surface area contributed by atoms with Gasteiger partial charge in [-0.1, -0.05) is 15.9 Å². The van der Waals surface area contributed by atoms with Crippen molar-refractivity contribution in [3.8, 4) is 11.5 Å². The average Bonchev–Trinajstić information content (AvgIpc) is 2.18. The molecule has 0 radical (unpaired) electrons. The van der Waals surface area contributed by atoms with E-state index < -0.39 is 0 Å². The van der Waals surface area contributed by atoms with Crippen molar-refractivity contribution in [3.63, 3.8) is 0 Å². The molecule has 1 rings (SSSR count).